The Morgan fingerprint density at radius 1 is 1.31 bits per heavy atom. The van der Waals surface area contributed by atoms with Gasteiger partial charge in [0.25, 0.3) is 5.92 Å². The molecule has 0 saturated heterocycles. The second-order valence-electron chi connectivity index (χ2n) is 3.55. The molecule has 0 fully saturated rings. The van der Waals surface area contributed by atoms with E-state index in [-0.39, 0.29) is 11.4 Å². The number of nitrogens with zero attached hydrogens (tertiary/aromatic N) is 1. The Morgan fingerprint density at radius 2 is 2.00 bits per heavy atom. The second kappa shape index (κ2) is 3.59. The van der Waals surface area contributed by atoms with Gasteiger partial charge in [0.1, 0.15) is 5.69 Å². The van der Waals surface area contributed by atoms with Crippen molar-refractivity contribution in [3.63, 3.8) is 0 Å². The lowest BCUT2D eigenvalue weighted by Crippen LogP contribution is -2.08. The van der Waals surface area contributed by atoms with Crippen molar-refractivity contribution >= 4 is 5.88 Å². The standard InChI is InChI=1S/C11H10F2N2O/c1-11(12,13)8-5-3-2-4-7(8)9-6-10(14)16-15-9/h2-6H,14H2,1H3. The highest BCUT2D eigenvalue weighted by atomic mass is 19.3. The number of alkyl halides is 2. The zero-order valence-corrected chi connectivity index (χ0v) is 8.58. The highest BCUT2D eigenvalue weighted by molar-refractivity contribution is 5.66. The minimum atomic E-state index is -2.93. The Hall–Kier alpha value is -1.91. The molecule has 0 unspecified atom stereocenters. The third kappa shape index (κ3) is 1.88. The Morgan fingerprint density at radius 3 is 2.56 bits per heavy atom. The van der Waals surface area contributed by atoms with E-state index >= 15 is 0 Å². The fourth-order valence-corrected chi connectivity index (χ4v) is 1.51. The lowest BCUT2D eigenvalue weighted by Gasteiger charge is -2.13. The predicted molar refractivity (Wildman–Crippen MR) is 55.9 cm³/mol. The molecule has 0 aliphatic carbocycles. The molecule has 2 rings (SSSR count). The molecule has 3 nitrogen and oxygen atoms in total. The first-order chi connectivity index (χ1) is 7.48. The summed E-state index contributed by atoms with van der Waals surface area (Å²) in [6, 6.07) is 7.56. The second-order valence-corrected chi connectivity index (χ2v) is 3.55. The lowest BCUT2D eigenvalue weighted by atomic mass is 10.0. The fourth-order valence-electron chi connectivity index (χ4n) is 1.51. The number of aromatic nitrogens is 1. The summed E-state index contributed by atoms with van der Waals surface area (Å²) in [5, 5.41) is 3.63. The van der Waals surface area contributed by atoms with Crippen molar-refractivity contribution in [3.05, 3.63) is 35.9 Å². The van der Waals surface area contributed by atoms with Crippen LogP contribution in [0.25, 0.3) is 11.3 Å². The van der Waals surface area contributed by atoms with Crippen LogP contribution in [0.4, 0.5) is 14.7 Å². The Bertz CT molecular complexity index is 503. The molecular formula is C11H10F2N2O. The molecule has 0 aliphatic heterocycles. The number of anilines is 1. The zero-order chi connectivity index (χ0) is 11.8. The highest BCUT2D eigenvalue weighted by Crippen LogP contribution is 2.35. The lowest BCUT2D eigenvalue weighted by molar-refractivity contribution is 0.0180. The first-order valence-electron chi connectivity index (χ1n) is 4.68. The summed E-state index contributed by atoms with van der Waals surface area (Å²) < 4.78 is 31.3. The van der Waals surface area contributed by atoms with Gasteiger partial charge in [0.15, 0.2) is 0 Å². The first-order valence-corrected chi connectivity index (χ1v) is 4.68. The molecule has 16 heavy (non-hydrogen) atoms. The van der Waals surface area contributed by atoms with E-state index in [0.29, 0.717) is 11.3 Å². The molecule has 1 heterocycles. The van der Waals surface area contributed by atoms with Crippen molar-refractivity contribution in [1.29, 1.82) is 0 Å². The number of nitrogen functional groups attached to an aromatic ring is 1. The van der Waals surface area contributed by atoms with Gasteiger partial charge in [-0.1, -0.05) is 29.4 Å². The van der Waals surface area contributed by atoms with Crippen LogP contribution in [0.5, 0.6) is 0 Å². The molecule has 2 N–H and O–H groups in total. The molecule has 0 aliphatic rings. The number of rotatable bonds is 2. The van der Waals surface area contributed by atoms with Gasteiger partial charge in [-0.25, -0.2) is 8.78 Å². The molecule has 1 aromatic carbocycles. The van der Waals surface area contributed by atoms with Crippen LogP contribution in [-0.2, 0) is 5.92 Å². The van der Waals surface area contributed by atoms with E-state index in [0.717, 1.165) is 6.92 Å². The van der Waals surface area contributed by atoms with Crippen LogP contribution in [0, 0.1) is 0 Å². The molecule has 0 atom stereocenters. The predicted octanol–water partition coefficient (Wildman–Crippen LogP) is 3.04. The summed E-state index contributed by atoms with van der Waals surface area (Å²) in [6.07, 6.45) is 0. The third-order valence-electron chi connectivity index (χ3n) is 2.20. The van der Waals surface area contributed by atoms with Gasteiger partial charge < -0.3 is 10.3 Å². The molecule has 2 aromatic rings. The molecule has 0 amide bonds. The van der Waals surface area contributed by atoms with Crippen molar-refractivity contribution in [2.24, 2.45) is 0 Å². The fraction of sp³-hybridized carbons (Fsp3) is 0.182. The van der Waals surface area contributed by atoms with Crippen molar-refractivity contribution in [1.82, 2.24) is 5.16 Å². The summed E-state index contributed by atoms with van der Waals surface area (Å²) in [7, 11) is 0. The van der Waals surface area contributed by atoms with Crippen LogP contribution in [0.1, 0.15) is 12.5 Å². The Labute approximate surface area is 90.9 Å². The van der Waals surface area contributed by atoms with E-state index in [2.05, 4.69) is 9.68 Å². The summed E-state index contributed by atoms with van der Waals surface area (Å²) in [6.45, 7) is 0.843. The molecular weight excluding hydrogens is 214 g/mol. The average Bonchev–Trinajstić information content (AvgIpc) is 2.64. The molecule has 5 heteroatoms. The Balaban J connectivity index is 2.57. The minimum Gasteiger partial charge on any atom is -0.368 e. The topological polar surface area (TPSA) is 52.0 Å². The first kappa shape index (κ1) is 10.6. The third-order valence-corrected chi connectivity index (χ3v) is 2.20. The van der Waals surface area contributed by atoms with E-state index < -0.39 is 5.92 Å². The normalized spacial score (nSPS) is 11.7. The van der Waals surface area contributed by atoms with Gasteiger partial charge in [-0.15, -0.1) is 0 Å². The van der Waals surface area contributed by atoms with Gasteiger partial charge >= 0.3 is 0 Å². The van der Waals surface area contributed by atoms with Gasteiger partial charge in [0.2, 0.25) is 5.88 Å². The Kier molecular flexibility index (Phi) is 2.38. The van der Waals surface area contributed by atoms with Gasteiger partial charge in [-0.2, -0.15) is 0 Å². The minimum absolute atomic E-state index is 0.0942. The summed E-state index contributed by atoms with van der Waals surface area (Å²) in [5.41, 5.74) is 5.91. The van der Waals surface area contributed by atoms with Crippen molar-refractivity contribution in [2.45, 2.75) is 12.8 Å². The van der Waals surface area contributed by atoms with Crippen molar-refractivity contribution in [2.75, 3.05) is 5.73 Å². The summed E-state index contributed by atoms with van der Waals surface area (Å²) in [5.74, 6) is -2.83. The maximum Gasteiger partial charge on any atom is 0.271 e. The van der Waals surface area contributed by atoms with E-state index in [1.54, 1.807) is 18.2 Å². The maximum absolute atomic E-state index is 13.3. The van der Waals surface area contributed by atoms with Crippen LogP contribution < -0.4 is 5.73 Å². The monoisotopic (exact) mass is 224 g/mol. The molecule has 0 spiro atoms. The van der Waals surface area contributed by atoms with E-state index in [1.807, 2.05) is 0 Å². The largest absolute Gasteiger partial charge is 0.368 e. The number of hydrogen-bond acceptors (Lipinski definition) is 3. The molecule has 0 saturated carbocycles. The number of hydrogen-bond donors (Lipinski definition) is 1. The van der Waals surface area contributed by atoms with Crippen LogP contribution in [-0.4, -0.2) is 5.16 Å². The van der Waals surface area contributed by atoms with Crippen LogP contribution >= 0.6 is 0 Å². The quantitative estimate of drug-likeness (QED) is 0.852. The van der Waals surface area contributed by atoms with Gasteiger partial charge in [-0.3, -0.25) is 0 Å². The number of nitrogens with two attached hydrogens (primary N) is 1. The average molecular weight is 224 g/mol. The number of benzene rings is 1. The van der Waals surface area contributed by atoms with Crippen molar-refractivity contribution in [3.8, 4) is 11.3 Å². The zero-order valence-electron chi connectivity index (χ0n) is 8.58. The molecule has 0 bridgehead atoms. The van der Waals surface area contributed by atoms with E-state index in [1.165, 1.54) is 12.1 Å². The van der Waals surface area contributed by atoms with Gasteiger partial charge in [0.05, 0.1) is 0 Å². The number of halogens is 2. The molecule has 84 valence electrons. The van der Waals surface area contributed by atoms with Gasteiger partial charge in [-0.05, 0) is 0 Å². The SMILES string of the molecule is CC(F)(F)c1ccccc1-c1cc(N)on1. The van der Waals surface area contributed by atoms with Gasteiger partial charge in [0, 0.05) is 24.1 Å². The van der Waals surface area contributed by atoms with Crippen LogP contribution in [0.15, 0.2) is 34.9 Å². The van der Waals surface area contributed by atoms with E-state index in [9.17, 15) is 8.78 Å². The molecule has 0 radical (unpaired) electrons. The summed E-state index contributed by atoms with van der Waals surface area (Å²) in [4.78, 5) is 0. The van der Waals surface area contributed by atoms with Crippen molar-refractivity contribution < 1.29 is 13.3 Å². The molecule has 1 aromatic heterocycles. The van der Waals surface area contributed by atoms with E-state index in [4.69, 9.17) is 5.73 Å². The van der Waals surface area contributed by atoms with Crippen LogP contribution in [0.3, 0.4) is 0 Å². The highest BCUT2D eigenvalue weighted by Gasteiger charge is 2.28. The maximum atomic E-state index is 13.3. The van der Waals surface area contributed by atoms with Crippen LogP contribution in [0.2, 0.25) is 0 Å². The smallest absolute Gasteiger partial charge is 0.271 e. The summed E-state index contributed by atoms with van der Waals surface area (Å²) >= 11 is 0.